The number of carbonyl (C=O) groups is 1. The standard InChI is InChI=1S/C23H22ClN3O2/c1-14(2)7-10-16(28)13-19-17-5-3-4-6-18(17)23(29)27(19)21-12-9-15-8-11-20(24)25-22(15)26-21/h3-6,8-9,11-12,14,29H,7,10,13H2,1-2H3. The Morgan fingerprint density at radius 3 is 2.55 bits per heavy atom. The molecule has 29 heavy (non-hydrogen) atoms. The summed E-state index contributed by atoms with van der Waals surface area (Å²) in [5.41, 5.74) is 1.23. The highest BCUT2D eigenvalue weighted by Gasteiger charge is 2.21. The number of nitrogens with zero attached hydrogens (tertiary/aromatic N) is 3. The van der Waals surface area contributed by atoms with Crippen molar-refractivity contribution in [2.24, 2.45) is 5.92 Å². The van der Waals surface area contributed by atoms with Gasteiger partial charge in [0.1, 0.15) is 16.8 Å². The van der Waals surface area contributed by atoms with Gasteiger partial charge in [0, 0.05) is 34.7 Å². The molecule has 148 valence electrons. The Bertz CT molecular complexity index is 1210. The number of carbonyl (C=O) groups excluding carboxylic acids is 1. The van der Waals surface area contributed by atoms with Crippen molar-refractivity contribution in [2.45, 2.75) is 33.1 Å². The third kappa shape index (κ3) is 3.83. The molecule has 0 aliphatic carbocycles. The van der Waals surface area contributed by atoms with Gasteiger partial charge in [-0.2, -0.15) is 0 Å². The molecule has 1 aromatic carbocycles. The number of pyridine rings is 2. The zero-order valence-corrected chi connectivity index (χ0v) is 17.1. The number of aromatic hydroxyl groups is 1. The molecular formula is C23H22ClN3O2. The molecule has 0 aliphatic heterocycles. The Morgan fingerprint density at radius 1 is 1.07 bits per heavy atom. The average Bonchev–Trinajstić information content (AvgIpc) is 2.98. The van der Waals surface area contributed by atoms with Crippen molar-refractivity contribution in [2.75, 3.05) is 0 Å². The smallest absolute Gasteiger partial charge is 0.205 e. The fourth-order valence-electron chi connectivity index (χ4n) is 3.53. The van der Waals surface area contributed by atoms with Crippen molar-refractivity contribution in [1.82, 2.24) is 14.5 Å². The van der Waals surface area contributed by atoms with Crippen LogP contribution in [0.15, 0.2) is 48.5 Å². The second-order valence-electron chi connectivity index (χ2n) is 7.65. The predicted molar refractivity (Wildman–Crippen MR) is 116 cm³/mol. The van der Waals surface area contributed by atoms with Gasteiger partial charge in [0.2, 0.25) is 5.88 Å². The summed E-state index contributed by atoms with van der Waals surface area (Å²) in [4.78, 5) is 21.5. The zero-order valence-electron chi connectivity index (χ0n) is 16.4. The number of fused-ring (bicyclic) bond motifs is 2. The summed E-state index contributed by atoms with van der Waals surface area (Å²) in [5.74, 6) is 1.19. The van der Waals surface area contributed by atoms with Crippen molar-refractivity contribution < 1.29 is 9.90 Å². The van der Waals surface area contributed by atoms with Gasteiger partial charge in [0.05, 0.1) is 0 Å². The number of aromatic nitrogens is 3. The van der Waals surface area contributed by atoms with Crippen LogP contribution in [0.1, 0.15) is 32.4 Å². The van der Waals surface area contributed by atoms with Gasteiger partial charge in [-0.05, 0) is 42.7 Å². The largest absolute Gasteiger partial charge is 0.494 e. The molecule has 0 saturated heterocycles. The first kappa shape index (κ1) is 19.4. The number of halogens is 1. The second-order valence-corrected chi connectivity index (χ2v) is 8.04. The van der Waals surface area contributed by atoms with Crippen LogP contribution >= 0.6 is 11.6 Å². The van der Waals surface area contributed by atoms with Gasteiger partial charge in [-0.1, -0.05) is 43.6 Å². The molecule has 0 atom stereocenters. The lowest BCUT2D eigenvalue weighted by atomic mass is 10.0. The Balaban J connectivity index is 1.85. The van der Waals surface area contributed by atoms with Crippen molar-refractivity contribution in [3.8, 4) is 11.7 Å². The van der Waals surface area contributed by atoms with E-state index in [4.69, 9.17) is 11.6 Å². The third-order valence-electron chi connectivity index (χ3n) is 5.06. The lowest BCUT2D eigenvalue weighted by molar-refractivity contribution is -0.118. The molecule has 4 aromatic rings. The van der Waals surface area contributed by atoms with Gasteiger partial charge in [0.25, 0.3) is 0 Å². The molecule has 0 bridgehead atoms. The monoisotopic (exact) mass is 407 g/mol. The maximum atomic E-state index is 12.7. The first-order chi connectivity index (χ1) is 13.9. The number of hydrogen-bond donors (Lipinski definition) is 1. The number of rotatable bonds is 6. The first-order valence-electron chi connectivity index (χ1n) is 9.70. The maximum Gasteiger partial charge on any atom is 0.205 e. The van der Waals surface area contributed by atoms with Crippen molar-refractivity contribution in [3.63, 3.8) is 0 Å². The summed E-state index contributed by atoms with van der Waals surface area (Å²) in [7, 11) is 0. The van der Waals surface area contributed by atoms with Crippen LogP contribution in [0.4, 0.5) is 0 Å². The Morgan fingerprint density at radius 2 is 1.79 bits per heavy atom. The van der Waals surface area contributed by atoms with Crippen LogP contribution in [0.25, 0.3) is 27.6 Å². The van der Waals surface area contributed by atoms with E-state index in [9.17, 15) is 9.90 Å². The Hall–Kier alpha value is -2.92. The van der Waals surface area contributed by atoms with E-state index in [0.29, 0.717) is 34.3 Å². The predicted octanol–water partition coefficient (Wildman–Crippen LogP) is 5.48. The summed E-state index contributed by atoms with van der Waals surface area (Å²) >= 11 is 6.02. The van der Waals surface area contributed by atoms with Crippen LogP contribution in [0.5, 0.6) is 5.88 Å². The molecule has 0 radical (unpaired) electrons. The van der Waals surface area contributed by atoms with E-state index < -0.39 is 0 Å². The van der Waals surface area contributed by atoms with E-state index in [1.165, 1.54) is 0 Å². The topological polar surface area (TPSA) is 68.0 Å². The Labute approximate surface area is 174 Å². The van der Waals surface area contributed by atoms with Gasteiger partial charge in [-0.3, -0.25) is 9.36 Å². The van der Waals surface area contributed by atoms with Crippen LogP contribution in [0, 0.1) is 5.92 Å². The molecule has 3 aromatic heterocycles. The van der Waals surface area contributed by atoms with Gasteiger partial charge in [-0.25, -0.2) is 9.97 Å². The fraction of sp³-hybridized carbons (Fsp3) is 0.261. The Kier molecular flexibility index (Phi) is 5.24. The van der Waals surface area contributed by atoms with Crippen LogP contribution in [-0.2, 0) is 11.2 Å². The van der Waals surface area contributed by atoms with Gasteiger partial charge < -0.3 is 5.11 Å². The number of benzene rings is 1. The van der Waals surface area contributed by atoms with Gasteiger partial charge in [-0.15, -0.1) is 0 Å². The van der Waals surface area contributed by atoms with E-state index in [-0.39, 0.29) is 18.1 Å². The van der Waals surface area contributed by atoms with E-state index in [2.05, 4.69) is 23.8 Å². The van der Waals surface area contributed by atoms with Crippen molar-refractivity contribution >= 4 is 39.2 Å². The summed E-state index contributed by atoms with van der Waals surface area (Å²) in [6.07, 6.45) is 1.59. The molecule has 1 N–H and O–H groups in total. The normalized spacial score (nSPS) is 11.6. The summed E-state index contributed by atoms with van der Waals surface area (Å²) in [6, 6.07) is 14.8. The minimum atomic E-state index is 0.0705. The van der Waals surface area contributed by atoms with Crippen LogP contribution in [0.2, 0.25) is 5.15 Å². The highest BCUT2D eigenvalue weighted by Crippen LogP contribution is 2.35. The van der Waals surface area contributed by atoms with Crippen molar-refractivity contribution in [3.05, 3.63) is 59.4 Å². The maximum absolute atomic E-state index is 12.7. The lowest BCUT2D eigenvalue weighted by Gasteiger charge is -2.11. The van der Waals surface area contributed by atoms with E-state index >= 15 is 0 Å². The molecule has 5 nitrogen and oxygen atoms in total. The minimum Gasteiger partial charge on any atom is -0.494 e. The third-order valence-corrected chi connectivity index (χ3v) is 5.27. The molecule has 4 rings (SSSR count). The van der Waals surface area contributed by atoms with E-state index in [1.807, 2.05) is 42.5 Å². The number of ketones is 1. The summed E-state index contributed by atoms with van der Waals surface area (Å²) in [6.45, 7) is 4.21. The SMILES string of the molecule is CC(C)CCC(=O)Cc1c2ccccc2c(O)n1-c1ccc2ccc(Cl)nc2n1. The molecule has 0 fully saturated rings. The molecule has 0 spiro atoms. The lowest BCUT2D eigenvalue weighted by Crippen LogP contribution is -2.10. The van der Waals surface area contributed by atoms with E-state index in [0.717, 1.165) is 22.9 Å². The van der Waals surface area contributed by atoms with Gasteiger partial charge >= 0.3 is 0 Å². The molecule has 0 unspecified atom stereocenters. The summed E-state index contributed by atoms with van der Waals surface area (Å²) < 4.78 is 1.65. The molecule has 3 heterocycles. The van der Waals surface area contributed by atoms with Gasteiger partial charge in [0.15, 0.2) is 5.65 Å². The molecule has 0 saturated carbocycles. The zero-order chi connectivity index (χ0) is 20.5. The van der Waals surface area contributed by atoms with Crippen LogP contribution < -0.4 is 0 Å². The average molecular weight is 408 g/mol. The molecular weight excluding hydrogens is 386 g/mol. The summed E-state index contributed by atoms with van der Waals surface area (Å²) in [5, 5.41) is 13.7. The van der Waals surface area contributed by atoms with Crippen molar-refractivity contribution in [1.29, 1.82) is 0 Å². The molecule has 0 amide bonds. The minimum absolute atomic E-state index is 0.0705. The highest BCUT2D eigenvalue weighted by molar-refractivity contribution is 6.29. The van der Waals surface area contributed by atoms with Crippen LogP contribution in [-0.4, -0.2) is 25.4 Å². The molecule has 6 heteroatoms. The quantitative estimate of drug-likeness (QED) is 0.429. The first-order valence-corrected chi connectivity index (χ1v) is 10.1. The molecule has 0 aliphatic rings. The fourth-order valence-corrected chi connectivity index (χ4v) is 3.68. The number of hydrogen-bond acceptors (Lipinski definition) is 4. The highest BCUT2D eigenvalue weighted by atomic mass is 35.5. The van der Waals surface area contributed by atoms with E-state index in [1.54, 1.807) is 10.6 Å². The van der Waals surface area contributed by atoms with Crippen LogP contribution in [0.3, 0.4) is 0 Å². The second kappa shape index (κ2) is 7.84. The number of Topliss-reactive ketones (excluding diaryl/α,β-unsaturated/α-hetero) is 1.